The molecule has 0 heterocycles. The van der Waals surface area contributed by atoms with E-state index in [9.17, 15) is 4.79 Å². The van der Waals surface area contributed by atoms with Crippen molar-refractivity contribution in [3.8, 4) is 0 Å². The Kier molecular flexibility index (Phi) is 11.3. The van der Waals surface area contributed by atoms with Gasteiger partial charge in [-0.25, -0.2) is 0 Å². The smallest absolute Gasteiger partial charge is 0.158 e. The van der Waals surface area contributed by atoms with Gasteiger partial charge in [-0.05, 0) is 12.8 Å². The fraction of sp³-hybridized carbons (Fsp3) is 0.917. The van der Waals surface area contributed by atoms with Gasteiger partial charge in [-0.15, -0.1) is 0 Å². The first kappa shape index (κ1) is 14.6. The molecule has 0 saturated heterocycles. The summed E-state index contributed by atoms with van der Waals surface area (Å²) in [5.41, 5.74) is 0. The molecule has 0 aromatic carbocycles. The molecule has 0 aliphatic carbocycles. The number of rotatable bonds is 11. The van der Waals surface area contributed by atoms with Crippen LogP contribution in [-0.2, 0) is 14.3 Å². The lowest BCUT2D eigenvalue weighted by Gasteiger charge is -2.01. The molecular formula is C12H24O3. The van der Waals surface area contributed by atoms with Gasteiger partial charge >= 0.3 is 0 Å². The highest BCUT2D eigenvalue weighted by molar-refractivity contribution is 5.79. The van der Waals surface area contributed by atoms with Crippen LogP contribution in [0.25, 0.3) is 0 Å². The Morgan fingerprint density at radius 2 is 1.47 bits per heavy atom. The molecule has 0 spiro atoms. The predicted octanol–water partition coefficient (Wildman–Crippen LogP) is 2.58. The maximum Gasteiger partial charge on any atom is 0.158 e. The molecular weight excluding hydrogens is 192 g/mol. The first-order valence-corrected chi connectivity index (χ1v) is 5.81. The molecule has 90 valence electrons. The lowest BCUT2D eigenvalue weighted by molar-refractivity contribution is -0.122. The van der Waals surface area contributed by atoms with E-state index in [1.54, 1.807) is 14.2 Å². The molecule has 15 heavy (non-hydrogen) atoms. The summed E-state index contributed by atoms with van der Waals surface area (Å²) in [6.07, 6.45) is 7.70. The van der Waals surface area contributed by atoms with Crippen LogP contribution in [0.3, 0.4) is 0 Å². The first-order chi connectivity index (χ1) is 7.31. The number of unbranched alkanes of at least 4 members (excludes halogenated alkanes) is 5. The lowest BCUT2D eigenvalue weighted by Crippen LogP contribution is -2.05. The molecule has 0 aromatic heterocycles. The minimum atomic E-state index is 0.219. The molecule has 0 radical (unpaired) electrons. The summed E-state index contributed by atoms with van der Waals surface area (Å²) in [5.74, 6) is 0.219. The summed E-state index contributed by atoms with van der Waals surface area (Å²) in [6, 6.07) is 0. The summed E-state index contributed by atoms with van der Waals surface area (Å²) in [6.45, 7) is 1.14. The van der Waals surface area contributed by atoms with E-state index in [2.05, 4.69) is 0 Å². The van der Waals surface area contributed by atoms with Crippen molar-refractivity contribution < 1.29 is 14.3 Å². The Bertz CT molecular complexity index is 146. The number of Topliss-reactive ketones (excluding diaryl/α,β-unsaturated/α-hetero) is 1. The number of carbonyl (C=O) groups excluding carboxylic acids is 1. The van der Waals surface area contributed by atoms with Crippen molar-refractivity contribution in [3.63, 3.8) is 0 Å². The highest BCUT2D eigenvalue weighted by atomic mass is 16.5. The largest absolute Gasteiger partial charge is 0.385 e. The number of hydrogen-bond donors (Lipinski definition) is 0. The number of hydrogen-bond acceptors (Lipinski definition) is 3. The zero-order valence-corrected chi connectivity index (χ0v) is 10.1. The summed E-state index contributed by atoms with van der Waals surface area (Å²) in [7, 11) is 3.30. The molecule has 0 N–H and O–H groups in total. The minimum Gasteiger partial charge on any atom is -0.385 e. The van der Waals surface area contributed by atoms with Crippen molar-refractivity contribution in [1.82, 2.24) is 0 Å². The van der Waals surface area contributed by atoms with E-state index in [4.69, 9.17) is 9.47 Å². The van der Waals surface area contributed by atoms with Crippen LogP contribution < -0.4 is 0 Å². The molecule has 0 aliphatic rings. The average molecular weight is 216 g/mol. The first-order valence-electron chi connectivity index (χ1n) is 5.81. The Hall–Kier alpha value is -0.410. The molecule has 0 aromatic rings. The van der Waals surface area contributed by atoms with Crippen LogP contribution in [-0.4, -0.2) is 33.2 Å². The zero-order valence-electron chi connectivity index (χ0n) is 10.1. The maximum atomic E-state index is 11.1. The highest BCUT2D eigenvalue weighted by Gasteiger charge is 1.99. The van der Waals surface area contributed by atoms with Crippen molar-refractivity contribution in [3.05, 3.63) is 0 Å². The summed E-state index contributed by atoms with van der Waals surface area (Å²) in [4.78, 5) is 11.1. The van der Waals surface area contributed by atoms with Gasteiger partial charge in [0.25, 0.3) is 0 Å². The second kappa shape index (κ2) is 11.7. The number of carbonyl (C=O) groups is 1. The van der Waals surface area contributed by atoms with Gasteiger partial charge in [0.05, 0.1) is 0 Å². The van der Waals surface area contributed by atoms with E-state index < -0.39 is 0 Å². The fourth-order valence-corrected chi connectivity index (χ4v) is 1.51. The van der Waals surface area contributed by atoms with Crippen molar-refractivity contribution in [2.45, 2.75) is 44.9 Å². The van der Waals surface area contributed by atoms with Crippen LogP contribution in [0.15, 0.2) is 0 Å². The Labute approximate surface area is 93.1 Å². The van der Waals surface area contributed by atoms with Crippen LogP contribution >= 0.6 is 0 Å². The topological polar surface area (TPSA) is 35.5 Å². The van der Waals surface area contributed by atoms with Crippen LogP contribution in [0.2, 0.25) is 0 Å². The molecule has 3 heteroatoms. The average Bonchev–Trinajstić information content (AvgIpc) is 2.22. The van der Waals surface area contributed by atoms with Crippen LogP contribution in [0, 0.1) is 0 Å². The molecule has 3 nitrogen and oxygen atoms in total. The number of methoxy groups -OCH3 is 2. The molecule has 0 rings (SSSR count). The lowest BCUT2D eigenvalue weighted by atomic mass is 10.1. The molecule has 0 aliphatic heterocycles. The van der Waals surface area contributed by atoms with E-state index in [1.165, 1.54) is 19.3 Å². The minimum absolute atomic E-state index is 0.219. The zero-order chi connectivity index (χ0) is 11.4. The highest BCUT2D eigenvalue weighted by Crippen LogP contribution is 2.07. The van der Waals surface area contributed by atoms with E-state index >= 15 is 0 Å². The van der Waals surface area contributed by atoms with Gasteiger partial charge in [0.1, 0.15) is 6.61 Å². The summed E-state index contributed by atoms with van der Waals surface area (Å²) >= 11 is 0. The molecule has 0 bridgehead atoms. The summed E-state index contributed by atoms with van der Waals surface area (Å²) in [5, 5.41) is 0. The quantitative estimate of drug-likeness (QED) is 0.498. The van der Waals surface area contributed by atoms with E-state index in [-0.39, 0.29) is 12.4 Å². The van der Waals surface area contributed by atoms with Crippen molar-refractivity contribution >= 4 is 5.78 Å². The van der Waals surface area contributed by atoms with Gasteiger partial charge in [0.15, 0.2) is 5.78 Å². The van der Waals surface area contributed by atoms with Gasteiger partial charge in [-0.1, -0.05) is 25.7 Å². The third-order valence-electron chi connectivity index (χ3n) is 2.36. The SMILES string of the molecule is COCCCCCCCCC(=O)COC. The van der Waals surface area contributed by atoms with Gasteiger partial charge in [-0.2, -0.15) is 0 Å². The standard InChI is InChI=1S/C12H24O3/c1-14-10-8-6-4-3-5-7-9-12(13)11-15-2/h3-11H2,1-2H3. The van der Waals surface area contributed by atoms with Gasteiger partial charge in [0.2, 0.25) is 0 Å². The van der Waals surface area contributed by atoms with E-state index in [0.29, 0.717) is 6.42 Å². The second-order valence-electron chi connectivity index (χ2n) is 3.84. The molecule has 0 fully saturated rings. The Morgan fingerprint density at radius 1 is 0.867 bits per heavy atom. The summed E-state index contributed by atoms with van der Waals surface area (Å²) < 4.78 is 9.73. The predicted molar refractivity (Wildman–Crippen MR) is 61.1 cm³/mol. The van der Waals surface area contributed by atoms with Crippen LogP contribution in [0.4, 0.5) is 0 Å². The van der Waals surface area contributed by atoms with Crippen LogP contribution in [0.5, 0.6) is 0 Å². The number of ketones is 1. The number of ether oxygens (including phenoxy) is 2. The fourth-order valence-electron chi connectivity index (χ4n) is 1.51. The maximum absolute atomic E-state index is 11.1. The molecule has 0 unspecified atom stereocenters. The van der Waals surface area contributed by atoms with E-state index in [1.807, 2.05) is 0 Å². The normalized spacial score (nSPS) is 10.5. The third kappa shape index (κ3) is 11.5. The molecule has 0 saturated carbocycles. The third-order valence-corrected chi connectivity index (χ3v) is 2.36. The Balaban J connectivity index is 3.01. The molecule has 0 atom stereocenters. The van der Waals surface area contributed by atoms with Crippen molar-refractivity contribution in [2.75, 3.05) is 27.4 Å². The van der Waals surface area contributed by atoms with E-state index in [0.717, 1.165) is 25.9 Å². The van der Waals surface area contributed by atoms with Crippen molar-refractivity contribution in [2.24, 2.45) is 0 Å². The van der Waals surface area contributed by atoms with Gasteiger partial charge in [-0.3, -0.25) is 4.79 Å². The second-order valence-corrected chi connectivity index (χ2v) is 3.84. The Morgan fingerprint density at radius 3 is 2.07 bits per heavy atom. The van der Waals surface area contributed by atoms with Gasteiger partial charge < -0.3 is 9.47 Å². The van der Waals surface area contributed by atoms with Crippen LogP contribution in [0.1, 0.15) is 44.9 Å². The monoisotopic (exact) mass is 216 g/mol. The van der Waals surface area contributed by atoms with Crippen molar-refractivity contribution in [1.29, 1.82) is 0 Å². The van der Waals surface area contributed by atoms with Gasteiger partial charge in [0, 0.05) is 27.2 Å². The molecule has 0 amide bonds.